The molecule has 0 radical (unpaired) electrons. The van der Waals surface area contributed by atoms with Gasteiger partial charge in [-0.15, -0.1) is 0 Å². The number of aliphatic imine (C=N–C) groups is 3. The molecule has 1 fully saturated rings. The van der Waals surface area contributed by atoms with Crippen molar-refractivity contribution in [3.05, 3.63) is 51.9 Å². The maximum absolute atomic E-state index is 13.6. The highest BCUT2D eigenvalue weighted by atomic mass is 79.9. The van der Waals surface area contributed by atoms with E-state index in [1.807, 2.05) is 6.21 Å². The molecule has 2 aliphatic heterocycles. The first-order chi connectivity index (χ1) is 11.2. The summed E-state index contributed by atoms with van der Waals surface area (Å²) in [5.74, 6) is 0.718. The van der Waals surface area contributed by atoms with Crippen LogP contribution in [0.25, 0.3) is 5.57 Å². The minimum absolute atomic E-state index is 0.263. The molecule has 1 spiro atoms. The van der Waals surface area contributed by atoms with Crippen LogP contribution < -0.4 is 0 Å². The minimum Gasteiger partial charge on any atom is -0.256 e. The molecule has 0 aromatic heterocycles. The quantitative estimate of drug-likeness (QED) is 0.748. The maximum Gasteiger partial charge on any atom is 0.155 e. The lowest BCUT2D eigenvalue weighted by atomic mass is 9.71. The molecular weight excluding hydrogens is 357 g/mol. The van der Waals surface area contributed by atoms with E-state index in [2.05, 4.69) is 38.1 Å². The molecule has 1 aromatic rings. The lowest BCUT2D eigenvalue weighted by Gasteiger charge is -2.34. The number of allylic oxidation sites excluding steroid dienone is 2. The fraction of sp³-hybridized carbons (Fsp3) is 0.278. The number of hydrogen-bond donors (Lipinski definition) is 0. The monoisotopic (exact) mass is 369 g/mol. The van der Waals surface area contributed by atoms with Gasteiger partial charge in [-0.3, -0.25) is 9.98 Å². The van der Waals surface area contributed by atoms with E-state index in [4.69, 9.17) is 4.99 Å². The summed E-state index contributed by atoms with van der Waals surface area (Å²) in [6.07, 6.45) is 10.4. The highest BCUT2D eigenvalue weighted by Crippen LogP contribution is 2.54. The van der Waals surface area contributed by atoms with Crippen molar-refractivity contribution in [3.8, 4) is 0 Å². The van der Waals surface area contributed by atoms with Crippen LogP contribution in [0.5, 0.6) is 0 Å². The number of hydrogen-bond acceptors (Lipinski definition) is 3. The summed E-state index contributed by atoms with van der Waals surface area (Å²) >= 11 is 3.27. The molecule has 114 valence electrons. The largest absolute Gasteiger partial charge is 0.256 e. The topological polar surface area (TPSA) is 37.1 Å². The van der Waals surface area contributed by atoms with Crippen molar-refractivity contribution in [1.29, 1.82) is 0 Å². The van der Waals surface area contributed by atoms with Gasteiger partial charge in [-0.1, -0.05) is 18.2 Å². The Labute approximate surface area is 141 Å². The van der Waals surface area contributed by atoms with Crippen LogP contribution in [0.1, 0.15) is 18.4 Å². The standard InChI is InChI=1S/C18H13BrFN3/c19-14-7-11(3-6-15(14)20)12-4-5-13(10-1-2-10)18-16(22-9-23-18)8-21-17(12)18/h3-10,13H,1-2H2. The second-order valence-corrected chi connectivity index (χ2v) is 7.25. The van der Waals surface area contributed by atoms with Gasteiger partial charge in [0.2, 0.25) is 0 Å². The van der Waals surface area contributed by atoms with Gasteiger partial charge in [0.05, 0.1) is 22.1 Å². The molecule has 2 unspecified atom stereocenters. The first-order valence-corrected chi connectivity index (χ1v) is 8.54. The van der Waals surface area contributed by atoms with Gasteiger partial charge in [0.25, 0.3) is 0 Å². The zero-order valence-electron chi connectivity index (χ0n) is 12.2. The maximum atomic E-state index is 13.6. The molecule has 0 amide bonds. The van der Waals surface area contributed by atoms with Crippen LogP contribution in [0.4, 0.5) is 4.39 Å². The Morgan fingerprint density at radius 3 is 2.91 bits per heavy atom. The SMILES string of the molecule is Fc1ccc(C2=C3N=CC4=NC=NC43C(C3CC3)C=C2)cc1Br. The molecule has 23 heavy (non-hydrogen) atoms. The zero-order valence-corrected chi connectivity index (χ0v) is 13.8. The van der Waals surface area contributed by atoms with Crippen molar-refractivity contribution in [3.63, 3.8) is 0 Å². The number of rotatable bonds is 2. The van der Waals surface area contributed by atoms with E-state index in [1.165, 1.54) is 18.9 Å². The van der Waals surface area contributed by atoms with Crippen LogP contribution in [0, 0.1) is 17.7 Å². The van der Waals surface area contributed by atoms with Gasteiger partial charge >= 0.3 is 0 Å². The minimum atomic E-state index is -0.452. The molecule has 2 heterocycles. The summed E-state index contributed by atoms with van der Waals surface area (Å²) in [5.41, 5.74) is 3.38. The molecule has 5 rings (SSSR count). The molecule has 3 nitrogen and oxygen atoms in total. The van der Waals surface area contributed by atoms with E-state index in [-0.39, 0.29) is 5.82 Å². The lowest BCUT2D eigenvalue weighted by Crippen LogP contribution is -2.43. The first-order valence-electron chi connectivity index (χ1n) is 7.74. The summed E-state index contributed by atoms with van der Waals surface area (Å²) < 4.78 is 14.0. The molecule has 0 N–H and O–H groups in total. The Kier molecular flexibility index (Phi) is 2.69. The van der Waals surface area contributed by atoms with E-state index < -0.39 is 5.54 Å². The van der Waals surface area contributed by atoms with E-state index in [1.54, 1.807) is 18.5 Å². The van der Waals surface area contributed by atoms with Crippen LogP contribution in [-0.4, -0.2) is 23.8 Å². The van der Waals surface area contributed by atoms with Crippen molar-refractivity contribution in [2.24, 2.45) is 26.8 Å². The van der Waals surface area contributed by atoms with E-state index in [0.717, 1.165) is 22.5 Å². The number of benzene rings is 1. The van der Waals surface area contributed by atoms with Crippen molar-refractivity contribution >= 4 is 39.8 Å². The molecule has 4 aliphatic rings. The van der Waals surface area contributed by atoms with Crippen molar-refractivity contribution in [2.45, 2.75) is 18.4 Å². The van der Waals surface area contributed by atoms with Crippen LogP contribution in [-0.2, 0) is 0 Å². The molecule has 2 atom stereocenters. The van der Waals surface area contributed by atoms with Crippen molar-refractivity contribution in [2.75, 3.05) is 0 Å². The van der Waals surface area contributed by atoms with Gasteiger partial charge in [0.15, 0.2) is 5.54 Å². The Morgan fingerprint density at radius 1 is 1.26 bits per heavy atom. The second-order valence-electron chi connectivity index (χ2n) is 6.40. The third-order valence-corrected chi connectivity index (χ3v) is 5.70. The second kappa shape index (κ2) is 4.57. The lowest BCUT2D eigenvalue weighted by molar-refractivity contribution is 0.440. The summed E-state index contributed by atoms with van der Waals surface area (Å²) in [6, 6.07) is 5.07. The van der Waals surface area contributed by atoms with Gasteiger partial charge < -0.3 is 0 Å². The van der Waals surface area contributed by atoms with Crippen LogP contribution in [0.2, 0.25) is 0 Å². The fourth-order valence-corrected chi connectivity index (χ4v) is 4.22. The van der Waals surface area contributed by atoms with Gasteiger partial charge in [-0.25, -0.2) is 9.38 Å². The van der Waals surface area contributed by atoms with Gasteiger partial charge in [0.1, 0.15) is 12.2 Å². The third kappa shape index (κ3) is 1.77. The molecule has 5 heteroatoms. The van der Waals surface area contributed by atoms with Crippen LogP contribution in [0.3, 0.4) is 0 Å². The van der Waals surface area contributed by atoms with E-state index in [0.29, 0.717) is 16.3 Å². The van der Waals surface area contributed by atoms with Crippen LogP contribution in [0.15, 0.2) is 55.5 Å². The summed E-state index contributed by atoms with van der Waals surface area (Å²) in [5, 5.41) is 0. The van der Waals surface area contributed by atoms with Crippen LogP contribution >= 0.6 is 15.9 Å². The Bertz CT molecular complexity index is 876. The predicted molar refractivity (Wildman–Crippen MR) is 93.5 cm³/mol. The van der Waals surface area contributed by atoms with Crippen molar-refractivity contribution in [1.82, 2.24) is 0 Å². The zero-order chi connectivity index (χ0) is 15.6. The third-order valence-electron chi connectivity index (χ3n) is 5.09. The van der Waals surface area contributed by atoms with Gasteiger partial charge in [-0.05, 0) is 52.4 Å². The molecule has 2 aliphatic carbocycles. The van der Waals surface area contributed by atoms with Gasteiger partial charge in [0, 0.05) is 11.5 Å². The summed E-state index contributed by atoms with van der Waals surface area (Å²) in [4.78, 5) is 13.8. The average molecular weight is 370 g/mol. The fourth-order valence-electron chi connectivity index (χ4n) is 3.84. The smallest absolute Gasteiger partial charge is 0.155 e. The van der Waals surface area contributed by atoms with E-state index in [9.17, 15) is 4.39 Å². The first kappa shape index (κ1) is 13.5. The number of nitrogens with zero attached hydrogens (tertiary/aromatic N) is 3. The highest BCUT2D eigenvalue weighted by molar-refractivity contribution is 9.10. The molecule has 0 bridgehead atoms. The molecule has 1 saturated carbocycles. The number of halogens is 2. The average Bonchev–Trinajstić information content (AvgIpc) is 3.19. The Hall–Kier alpha value is -1.88. The summed E-state index contributed by atoms with van der Waals surface area (Å²) in [7, 11) is 0. The Balaban J connectivity index is 1.71. The Morgan fingerprint density at radius 2 is 2.13 bits per heavy atom. The highest BCUT2D eigenvalue weighted by Gasteiger charge is 2.56. The molecule has 1 aromatic carbocycles. The normalized spacial score (nSPS) is 30.7. The summed E-state index contributed by atoms with van der Waals surface area (Å²) in [6.45, 7) is 0. The van der Waals surface area contributed by atoms with E-state index >= 15 is 0 Å². The van der Waals surface area contributed by atoms with Crippen molar-refractivity contribution < 1.29 is 4.39 Å². The molecule has 0 saturated heterocycles. The van der Waals surface area contributed by atoms with Gasteiger partial charge in [-0.2, -0.15) is 0 Å². The predicted octanol–water partition coefficient (Wildman–Crippen LogP) is 4.20. The molecular formula is C18H13BrFN3.